The highest BCUT2D eigenvalue weighted by Crippen LogP contribution is 2.21. The van der Waals surface area contributed by atoms with E-state index in [1.807, 2.05) is 0 Å². The predicted molar refractivity (Wildman–Crippen MR) is 71.2 cm³/mol. The zero-order chi connectivity index (χ0) is 15.6. The number of hydrogen-bond donors (Lipinski definition) is 4. The van der Waals surface area contributed by atoms with Crippen molar-refractivity contribution in [2.45, 2.75) is 6.54 Å². The predicted octanol–water partition coefficient (Wildman–Crippen LogP) is -0.701. The molecule has 10 nitrogen and oxygen atoms in total. The molecule has 0 unspecified atom stereocenters. The third kappa shape index (κ3) is 3.12. The standard InChI is InChI=1S/C11H10N4O6/c16-8(17)4-12-3-5-1-6(15(20)21)2-7-9(5)14-11(19)10(18)13-7/h1-2,12H,3-4H2,(H,13,18)(H,14,19)(H,16,17). The summed E-state index contributed by atoms with van der Waals surface area (Å²) >= 11 is 0. The Bertz CT molecular complexity index is 837. The Hall–Kier alpha value is -3.01. The topological polar surface area (TPSA) is 158 Å². The van der Waals surface area contributed by atoms with E-state index in [1.54, 1.807) is 0 Å². The van der Waals surface area contributed by atoms with Crippen molar-refractivity contribution in [3.8, 4) is 0 Å². The molecular formula is C11H10N4O6. The molecule has 110 valence electrons. The summed E-state index contributed by atoms with van der Waals surface area (Å²) in [7, 11) is 0. The molecule has 0 spiro atoms. The number of carboxylic acids is 1. The monoisotopic (exact) mass is 294 g/mol. The van der Waals surface area contributed by atoms with Crippen LogP contribution in [-0.2, 0) is 11.3 Å². The zero-order valence-corrected chi connectivity index (χ0v) is 10.5. The number of fused-ring (bicyclic) bond motifs is 1. The number of aliphatic carboxylic acids is 1. The molecule has 0 fully saturated rings. The quantitative estimate of drug-likeness (QED) is 0.322. The summed E-state index contributed by atoms with van der Waals surface area (Å²) in [5.74, 6) is -1.09. The molecule has 0 aliphatic carbocycles. The maximum absolute atomic E-state index is 11.3. The van der Waals surface area contributed by atoms with Gasteiger partial charge in [-0.2, -0.15) is 0 Å². The number of aromatic nitrogens is 2. The highest BCUT2D eigenvalue weighted by atomic mass is 16.6. The van der Waals surface area contributed by atoms with E-state index in [2.05, 4.69) is 15.3 Å². The normalized spacial score (nSPS) is 10.7. The van der Waals surface area contributed by atoms with Gasteiger partial charge < -0.3 is 20.4 Å². The minimum absolute atomic E-state index is 0.0214. The summed E-state index contributed by atoms with van der Waals surface area (Å²) in [6.07, 6.45) is 0. The van der Waals surface area contributed by atoms with Crippen LogP contribution in [0.25, 0.3) is 11.0 Å². The van der Waals surface area contributed by atoms with Crippen molar-refractivity contribution in [3.63, 3.8) is 0 Å². The molecule has 10 heteroatoms. The smallest absolute Gasteiger partial charge is 0.317 e. The number of carbonyl (C=O) groups is 1. The van der Waals surface area contributed by atoms with Crippen molar-refractivity contribution in [2.24, 2.45) is 0 Å². The fourth-order valence-corrected chi connectivity index (χ4v) is 1.83. The second kappa shape index (κ2) is 5.54. The van der Waals surface area contributed by atoms with Gasteiger partial charge in [-0.15, -0.1) is 0 Å². The fraction of sp³-hybridized carbons (Fsp3) is 0.182. The van der Waals surface area contributed by atoms with Crippen molar-refractivity contribution in [1.82, 2.24) is 15.3 Å². The summed E-state index contributed by atoms with van der Waals surface area (Å²) in [4.78, 5) is 47.8. The fourth-order valence-electron chi connectivity index (χ4n) is 1.83. The van der Waals surface area contributed by atoms with Gasteiger partial charge in [-0.1, -0.05) is 0 Å². The lowest BCUT2D eigenvalue weighted by Gasteiger charge is -2.06. The number of hydrogen-bond acceptors (Lipinski definition) is 6. The summed E-state index contributed by atoms with van der Waals surface area (Å²) in [6.45, 7) is -0.371. The Labute approximate surface area is 115 Å². The lowest BCUT2D eigenvalue weighted by atomic mass is 10.1. The van der Waals surface area contributed by atoms with Gasteiger partial charge in [0.2, 0.25) is 0 Å². The van der Waals surface area contributed by atoms with Crippen LogP contribution in [0.1, 0.15) is 5.56 Å². The van der Waals surface area contributed by atoms with Crippen molar-refractivity contribution < 1.29 is 14.8 Å². The number of non-ortho nitro benzene ring substituents is 1. The largest absolute Gasteiger partial charge is 0.480 e. The number of benzene rings is 1. The first kappa shape index (κ1) is 14.4. The molecule has 0 bridgehead atoms. The second-order valence-corrected chi connectivity index (χ2v) is 4.19. The number of nitro groups is 1. The van der Waals surface area contributed by atoms with Crippen LogP contribution in [0.15, 0.2) is 21.7 Å². The van der Waals surface area contributed by atoms with Gasteiger partial charge in [0.1, 0.15) is 0 Å². The summed E-state index contributed by atoms with van der Waals surface area (Å²) in [5, 5.41) is 22.0. The number of nitrogens with zero attached hydrogens (tertiary/aromatic N) is 1. The van der Waals surface area contributed by atoms with E-state index < -0.39 is 22.0 Å². The Morgan fingerprint density at radius 1 is 1.29 bits per heavy atom. The van der Waals surface area contributed by atoms with Gasteiger partial charge in [-0.25, -0.2) is 0 Å². The van der Waals surface area contributed by atoms with Crippen molar-refractivity contribution in [2.75, 3.05) is 6.54 Å². The van der Waals surface area contributed by atoms with Gasteiger partial charge in [0, 0.05) is 18.7 Å². The number of nitro benzene ring substituents is 1. The SMILES string of the molecule is O=C(O)CNCc1cc([N+](=O)[O-])cc2[nH]c(=O)c(=O)[nH]c12. The zero-order valence-electron chi connectivity index (χ0n) is 10.5. The van der Waals surface area contributed by atoms with Crippen LogP contribution in [0.5, 0.6) is 0 Å². The molecule has 21 heavy (non-hydrogen) atoms. The summed E-state index contributed by atoms with van der Waals surface area (Å²) in [5.41, 5.74) is -1.49. The molecule has 2 rings (SSSR count). The van der Waals surface area contributed by atoms with E-state index >= 15 is 0 Å². The lowest BCUT2D eigenvalue weighted by Crippen LogP contribution is -2.30. The van der Waals surface area contributed by atoms with E-state index in [0.717, 1.165) is 6.07 Å². The number of nitrogens with one attached hydrogen (secondary N) is 3. The molecule has 1 heterocycles. The maximum atomic E-state index is 11.3. The van der Waals surface area contributed by atoms with Crippen LogP contribution in [0.3, 0.4) is 0 Å². The molecule has 2 aromatic rings. The average Bonchev–Trinajstić information content (AvgIpc) is 2.39. The molecule has 0 saturated heterocycles. The van der Waals surface area contributed by atoms with Gasteiger partial charge in [-0.05, 0) is 5.56 Å². The number of aromatic amines is 2. The van der Waals surface area contributed by atoms with Crippen LogP contribution in [0.2, 0.25) is 0 Å². The van der Waals surface area contributed by atoms with E-state index in [-0.39, 0.29) is 29.8 Å². The first-order chi connectivity index (χ1) is 9.88. The van der Waals surface area contributed by atoms with Gasteiger partial charge in [0.15, 0.2) is 0 Å². The van der Waals surface area contributed by atoms with Crippen LogP contribution >= 0.6 is 0 Å². The minimum Gasteiger partial charge on any atom is -0.480 e. The minimum atomic E-state index is -1.09. The van der Waals surface area contributed by atoms with Crippen molar-refractivity contribution >= 4 is 22.7 Å². The van der Waals surface area contributed by atoms with Crippen molar-refractivity contribution in [3.05, 3.63) is 48.5 Å². The number of H-pyrrole nitrogens is 2. The number of rotatable bonds is 5. The molecule has 0 amide bonds. The first-order valence-electron chi connectivity index (χ1n) is 5.74. The van der Waals surface area contributed by atoms with Gasteiger partial charge in [-0.3, -0.25) is 24.5 Å². The van der Waals surface area contributed by atoms with E-state index in [0.29, 0.717) is 5.56 Å². The molecule has 0 atom stereocenters. The molecular weight excluding hydrogens is 284 g/mol. The highest BCUT2D eigenvalue weighted by molar-refractivity contribution is 5.80. The third-order valence-electron chi connectivity index (χ3n) is 2.70. The third-order valence-corrected chi connectivity index (χ3v) is 2.70. The molecule has 0 radical (unpaired) electrons. The maximum Gasteiger partial charge on any atom is 0.317 e. The van der Waals surface area contributed by atoms with Gasteiger partial charge in [0.05, 0.1) is 22.5 Å². The highest BCUT2D eigenvalue weighted by Gasteiger charge is 2.13. The Kier molecular flexibility index (Phi) is 3.80. The molecule has 1 aromatic heterocycles. The summed E-state index contributed by atoms with van der Waals surface area (Å²) < 4.78 is 0. The molecule has 0 aliphatic rings. The molecule has 4 N–H and O–H groups in total. The second-order valence-electron chi connectivity index (χ2n) is 4.19. The first-order valence-corrected chi connectivity index (χ1v) is 5.74. The molecule has 1 aromatic carbocycles. The summed E-state index contributed by atoms with van der Waals surface area (Å²) in [6, 6.07) is 2.32. The van der Waals surface area contributed by atoms with Crippen LogP contribution in [-0.4, -0.2) is 32.5 Å². The lowest BCUT2D eigenvalue weighted by molar-refractivity contribution is -0.384. The average molecular weight is 294 g/mol. The van der Waals surface area contributed by atoms with Crippen LogP contribution < -0.4 is 16.4 Å². The van der Waals surface area contributed by atoms with Crippen LogP contribution in [0.4, 0.5) is 5.69 Å². The number of carboxylic acid groups (broad SMARTS) is 1. The van der Waals surface area contributed by atoms with E-state index in [4.69, 9.17) is 5.11 Å². The Balaban J connectivity index is 2.56. The Morgan fingerprint density at radius 2 is 1.95 bits per heavy atom. The van der Waals surface area contributed by atoms with Gasteiger partial charge in [0.25, 0.3) is 5.69 Å². The molecule has 0 aliphatic heterocycles. The van der Waals surface area contributed by atoms with Crippen LogP contribution in [0, 0.1) is 10.1 Å². The molecule has 0 saturated carbocycles. The van der Waals surface area contributed by atoms with E-state index in [1.165, 1.54) is 6.07 Å². The van der Waals surface area contributed by atoms with Gasteiger partial charge >= 0.3 is 17.1 Å². The van der Waals surface area contributed by atoms with E-state index in [9.17, 15) is 24.5 Å². The Morgan fingerprint density at radius 3 is 2.57 bits per heavy atom. The van der Waals surface area contributed by atoms with Crippen molar-refractivity contribution in [1.29, 1.82) is 0 Å².